The van der Waals surface area contributed by atoms with E-state index in [1.165, 1.54) is 0 Å². The molecular formula is C26H35F3N4O5S. The molecule has 0 unspecified atom stereocenters. The van der Waals surface area contributed by atoms with E-state index in [1.54, 1.807) is 43.1 Å². The first kappa shape index (κ1) is 31.9. The van der Waals surface area contributed by atoms with E-state index in [0.29, 0.717) is 23.4 Å². The number of sulfonamides is 1. The lowest BCUT2D eigenvalue weighted by atomic mass is 10.1. The molecule has 0 aliphatic carbocycles. The average Bonchev–Trinajstić information content (AvgIpc) is 2.86. The molecule has 216 valence electrons. The third kappa shape index (κ3) is 9.13. The molecule has 1 heterocycles. The van der Waals surface area contributed by atoms with Crippen LogP contribution in [0.3, 0.4) is 0 Å². The van der Waals surface area contributed by atoms with Crippen LogP contribution in [0, 0.1) is 13.8 Å². The molecular weight excluding hydrogens is 537 g/mol. The molecule has 3 rings (SSSR count). The number of unbranched alkanes of at least 4 members (excludes halogenated alkanes) is 1. The number of halogens is 3. The molecule has 1 saturated heterocycles. The molecule has 0 bridgehead atoms. The fourth-order valence-electron chi connectivity index (χ4n) is 3.97. The van der Waals surface area contributed by atoms with Gasteiger partial charge < -0.3 is 20.2 Å². The van der Waals surface area contributed by atoms with Gasteiger partial charge in [-0.2, -0.15) is 13.2 Å². The van der Waals surface area contributed by atoms with E-state index in [4.69, 9.17) is 9.90 Å². The molecule has 1 amide bonds. The van der Waals surface area contributed by atoms with Crippen LogP contribution in [0.2, 0.25) is 0 Å². The van der Waals surface area contributed by atoms with Crippen LogP contribution < -0.4 is 14.9 Å². The fourth-order valence-corrected chi connectivity index (χ4v) is 5.24. The number of carbonyl (C=O) groups is 2. The van der Waals surface area contributed by atoms with Gasteiger partial charge in [0.15, 0.2) is 0 Å². The van der Waals surface area contributed by atoms with E-state index in [2.05, 4.69) is 21.9 Å². The highest BCUT2D eigenvalue weighted by molar-refractivity contribution is 7.92. The van der Waals surface area contributed by atoms with E-state index in [9.17, 15) is 26.4 Å². The van der Waals surface area contributed by atoms with Crippen LogP contribution in [0.25, 0.3) is 0 Å². The SMILES string of the molecule is CCCCN(C)C(=O)c1cc(NS(=O)(=O)c2ccc(C)cc2C)ccc1N1CCNCC1.O=C(O)C(F)(F)F. The zero-order valence-electron chi connectivity index (χ0n) is 22.4. The first-order valence-corrected chi connectivity index (χ1v) is 13.9. The molecule has 1 aliphatic heterocycles. The van der Waals surface area contributed by atoms with Gasteiger partial charge in [-0.05, 0) is 50.1 Å². The summed E-state index contributed by atoms with van der Waals surface area (Å²) in [4.78, 5) is 26.3. The minimum Gasteiger partial charge on any atom is -0.475 e. The Bertz CT molecular complexity index is 1260. The molecule has 0 aromatic heterocycles. The normalized spacial score (nSPS) is 13.8. The number of aliphatic carboxylic acids is 1. The number of amides is 1. The first-order valence-electron chi connectivity index (χ1n) is 12.4. The van der Waals surface area contributed by atoms with Gasteiger partial charge in [-0.15, -0.1) is 0 Å². The molecule has 0 radical (unpaired) electrons. The molecule has 39 heavy (non-hydrogen) atoms. The maximum Gasteiger partial charge on any atom is 0.490 e. The Morgan fingerprint density at radius 3 is 2.26 bits per heavy atom. The van der Waals surface area contributed by atoms with E-state index in [1.807, 2.05) is 19.1 Å². The second-order valence-electron chi connectivity index (χ2n) is 9.23. The highest BCUT2D eigenvalue weighted by Crippen LogP contribution is 2.28. The number of anilines is 2. The minimum absolute atomic E-state index is 0.0976. The second kappa shape index (κ2) is 13.7. The van der Waals surface area contributed by atoms with Gasteiger partial charge in [0.1, 0.15) is 0 Å². The van der Waals surface area contributed by atoms with Crippen molar-refractivity contribution < 1.29 is 36.3 Å². The number of benzene rings is 2. The summed E-state index contributed by atoms with van der Waals surface area (Å²) < 4.78 is 60.5. The van der Waals surface area contributed by atoms with Crippen LogP contribution in [0.5, 0.6) is 0 Å². The minimum atomic E-state index is -5.08. The third-order valence-electron chi connectivity index (χ3n) is 5.99. The Balaban J connectivity index is 0.000000673. The van der Waals surface area contributed by atoms with E-state index >= 15 is 0 Å². The van der Waals surface area contributed by atoms with Crippen molar-refractivity contribution in [1.82, 2.24) is 10.2 Å². The van der Waals surface area contributed by atoms with Gasteiger partial charge in [-0.3, -0.25) is 9.52 Å². The molecule has 1 fully saturated rings. The van der Waals surface area contributed by atoms with E-state index in [0.717, 1.165) is 50.3 Å². The van der Waals surface area contributed by atoms with Crippen molar-refractivity contribution in [3.8, 4) is 0 Å². The summed E-state index contributed by atoms with van der Waals surface area (Å²) in [5, 5.41) is 10.4. The lowest BCUT2D eigenvalue weighted by molar-refractivity contribution is -0.192. The smallest absolute Gasteiger partial charge is 0.475 e. The van der Waals surface area contributed by atoms with Crippen molar-refractivity contribution in [3.05, 3.63) is 53.1 Å². The van der Waals surface area contributed by atoms with Gasteiger partial charge in [-0.1, -0.05) is 31.0 Å². The zero-order chi connectivity index (χ0) is 29.4. The van der Waals surface area contributed by atoms with Gasteiger partial charge in [0.25, 0.3) is 15.9 Å². The number of rotatable bonds is 8. The van der Waals surface area contributed by atoms with Gasteiger partial charge in [0.2, 0.25) is 0 Å². The van der Waals surface area contributed by atoms with Crippen molar-refractivity contribution in [2.45, 2.75) is 44.7 Å². The summed E-state index contributed by atoms with van der Waals surface area (Å²) in [5.41, 5.74) is 3.44. The maximum atomic E-state index is 13.3. The Kier molecular flexibility index (Phi) is 11.2. The third-order valence-corrected chi connectivity index (χ3v) is 7.53. The molecule has 3 N–H and O–H groups in total. The summed E-state index contributed by atoms with van der Waals surface area (Å²) in [6, 6.07) is 10.5. The number of hydrogen-bond donors (Lipinski definition) is 3. The molecule has 2 aromatic rings. The number of carboxylic acid groups (broad SMARTS) is 1. The maximum absolute atomic E-state index is 13.3. The Labute approximate surface area is 227 Å². The second-order valence-corrected chi connectivity index (χ2v) is 10.9. The Morgan fingerprint density at radius 2 is 1.72 bits per heavy atom. The first-order chi connectivity index (χ1) is 18.2. The Morgan fingerprint density at radius 1 is 1.10 bits per heavy atom. The molecule has 2 aromatic carbocycles. The molecule has 1 aliphatic rings. The molecule has 13 heteroatoms. The van der Waals surface area contributed by atoms with E-state index < -0.39 is 22.2 Å². The van der Waals surface area contributed by atoms with Crippen LogP contribution in [0.1, 0.15) is 41.3 Å². The van der Waals surface area contributed by atoms with Crippen molar-refractivity contribution in [2.75, 3.05) is 49.4 Å². The number of piperazine rings is 1. The zero-order valence-corrected chi connectivity index (χ0v) is 23.2. The van der Waals surface area contributed by atoms with Crippen LogP contribution in [-0.4, -0.2) is 76.2 Å². The highest BCUT2D eigenvalue weighted by atomic mass is 32.2. The van der Waals surface area contributed by atoms with Gasteiger partial charge >= 0.3 is 12.1 Å². The number of nitrogens with zero attached hydrogens (tertiary/aromatic N) is 2. The number of carboxylic acids is 1. The highest BCUT2D eigenvalue weighted by Gasteiger charge is 2.38. The van der Waals surface area contributed by atoms with Crippen molar-refractivity contribution >= 4 is 33.3 Å². The van der Waals surface area contributed by atoms with Crippen LogP contribution in [0.4, 0.5) is 24.5 Å². The van der Waals surface area contributed by atoms with E-state index in [-0.39, 0.29) is 10.8 Å². The van der Waals surface area contributed by atoms with Crippen LogP contribution >= 0.6 is 0 Å². The summed E-state index contributed by atoms with van der Waals surface area (Å²) in [5.74, 6) is -2.85. The largest absolute Gasteiger partial charge is 0.490 e. The number of hydrogen-bond acceptors (Lipinski definition) is 6. The predicted molar refractivity (Wildman–Crippen MR) is 144 cm³/mol. The number of alkyl halides is 3. The topological polar surface area (TPSA) is 119 Å². The summed E-state index contributed by atoms with van der Waals surface area (Å²) in [7, 11) is -1.98. The lowest BCUT2D eigenvalue weighted by Crippen LogP contribution is -2.44. The van der Waals surface area contributed by atoms with Crippen LogP contribution in [0.15, 0.2) is 41.3 Å². The molecule has 0 saturated carbocycles. The quantitative estimate of drug-likeness (QED) is 0.437. The monoisotopic (exact) mass is 572 g/mol. The standard InChI is InChI=1S/C24H34N4O3S.C2HF3O2/c1-5-6-13-27(4)24(29)21-17-20(8-9-22(21)28-14-11-25-12-15-28)26-32(30,31)23-10-7-18(2)16-19(23)3;3-2(4,5)1(6)7/h7-10,16-17,25-26H,5-6,11-15H2,1-4H3;(H,6,7). The summed E-state index contributed by atoms with van der Waals surface area (Å²) >= 11 is 0. The average molecular weight is 573 g/mol. The fraction of sp³-hybridized carbons (Fsp3) is 0.462. The summed E-state index contributed by atoms with van der Waals surface area (Å²) in [6.07, 6.45) is -3.16. The Hall–Kier alpha value is -3.32. The van der Waals surface area contributed by atoms with Crippen LogP contribution in [-0.2, 0) is 14.8 Å². The number of aryl methyl sites for hydroxylation is 2. The molecule has 0 spiro atoms. The summed E-state index contributed by atoms with van der Waals surface area (Å²) in [6.45, 7) is 9.76. The van der Waals surface area contributed by atoms with Gasteiger partial charge in [0.05, 0.1) is 10.5 Å². The predicted octanol–water partition coefficient (Wildman–Crippen LogP) is 4.02. The van der Waals surface area contributed by atoms with Gasteiger partial charge in [-0.25, -0.2) is 13.2 Å². The van der Waals surface area contributed by atoms with Gasteiger partial charge in [0, 0.05) is 51.1 Å². The number of nitrogens with one attached hydrogen (secondary N) is 2. The van der Waals surface area contributed by atoms with Crippen molar-refractivity contribution in [2.24, 2.45) is 0 Å². The van der Waals surface area contributed by atoms with Crippen molar-refractivity contribution in [1.29, 1.82) is 0 Å². The lowest BCUT2D eigenvalue weighted by Gasteiger charge is -2.32. The molecule has 0 atom stereocenters. The number of carbonyl (C=O) groups excluding carboxylic acids is 1. The molecule has 9 nitrogen and oxygen atoms in total. The van der Waals surface area contributed by atoms with Crippen molar-refractivity contribution in [3.63, 3.8) is 0 Å².